The van der Waals surface area contributed by atoms with Crippen LogP contribution in [0.2, 0.25) is 10.0 Å². The van der Waals surface area contributed by atoms with Crippen molar-refractivity contribution in [3.63, 3.8) is 0 Å². The summed E-state index contributed by atoms with van der Waals surface area (Å²) in [6.45, 7) is 6.39. The van der Waals surface area contributed by atoms with E-state index < -0.39 is 0 Å². The molecule has 0 N–H and O–H groups in total. The molecule has 0 atom stereocenters. The Morgan fingerprint density at radius 3 is 2.35 bits per heavy atom. The largest absolute Gasteiger partial charge is 0.496 e. The minimum atomic E-state index is -0.309. The molecule has 5 rings (SSSR count). The average Bonchev–Trinajstić information content (AvgIpc) is 3.00. The molecule has 1 aromatic heterocycles. The van der Waals surface area contributed by atoms with Gasteiger partial charge in [-0.25, -0.2) is 4.98 Å². The number of nitrogens with zero attached hydrogens (tertiary/aromatic N) is 3. The normalized spacial score (nSPS) is 11.4. The molecule has 0 fully saturated rings. The van der Waals surface area contributed by atoms with Gasteiger partial charge >= 0.3 is 0 Å². The first-order valence-electron chi connectivity index (χ1n) is 13.7. The van der Waals surface area contributed by atoms with E-state index in [0.29, 0.717) is 43.8 Å². The fourth-order valence-electron chi connectivity index (χ4n) is 4.82. The van der Waals surface area contributed by atoms with Crippen molar-refractivity contribution in [2.24, 2.45) is 5.10 Å². The molecule has 5 aromatic rings. The van der Waals surface area contributed by atoms with Crippen LogP contribution in [-0.2, 0) is 6.61 Å². The van der Waals surface area contributed by atoms with Crippen molar-refractivity contribution < 1.29 is 14.2 Å². The third kappa shape index (κ3) is 6.38. The van der Waals surface area contributed by atoms with Crippen molar-refractivity contribution in [2.75, 3.05) is 14.2 Å². The van der Waals surface area contributed by atoms with E-state index in [4.69, 9.17) is 42.4 Å². The summed E-state index contributed by atoms with van der Waals surface area (Å²) in [6.07, 6.45) is 1.54. The molecule has 0 saturated heterocycles. The number of aryl methyl sites for hydroxylation is 1. The Bertz CT molecular complexity index is 1880. The number of fused-ring (bicyclic) bond motifs is 1. The lowest BCUT2D eigenvalue weighted by Crippen LogP contribution is -2.21. The highest BCUT2D eigenvalue weighted by molar-refractivity contribution is 6.31. The number of aromatic nitrogens is 2. The van der Waals surface area contributed by atoms with Gasteiger partial charge < -0.3 is 14.2 Å². The summed E-state index contributed by atoms with van der Waals surface area (Å²) in [4.78, 5) is 18.8. The second kappa shape index (κ2) is 12.9. The zero-order valence-electron chi connectivity index (χ0n) is 24.5. The Morgan fingerprint density at radius 1 is 0.930 bits per heavy atom. The lowest BCUT2D eigenvalue weighted by atomic mass is 9.96. The Labute approximate surface area is 260 Å². The number of hydrogen-bond acceptors (Lipinski definition) is 6. The van der Waals surface area contributed by atoms with E-state index >= 15 is 0 Å². The Balaban J connectivity index is 1.67. The van der Waals surface area contributed by atoms with Crippen LogP contribution in [0.15, 0.2) is 82.7 Å². The molecule has 43 heavy (non-hydrogen) atoms. The van der Waals surface area contributed by atoms with Crippen LogP contribution in [0, 0.1) is 6.92 Å². The number of methoxy groups -OCH3 is 2. The molecule has 220 valence electrons. The summed E-state index contributed by atoms with van der Waals surface area (Å²) < 4.78 is 18.8. The van der Waals surface area contributed by atoms with Crippen molar-refractivity contribution in [2.45, 2.75) is 33.3 Å². The predicted molar refractivity (Wildman–Crippen MR) is 174 cm³/mol. The molecular formula is C34H31Cl2N3O4. The first-order chi connectivity index (χ1) is 20.7. The van der Waals surface area contributed by atoms with E-state index in [1.54, 1.807) is 43.5 Å². The fourth-order valence-corrected chi connectivity index (χ4v) is 5.16. The summed E-state index contributed by atoms with van der Waals surface area (Å²) in [5.41, 5.74) is 4.37. The number of halogens is 2. The smallest absolute Gasteiger partial charge is 0.282 e. The maximum absolute atomic E-state index is 13.9. The van der Waals surface area contributed by atoms with Crippen molar-refractivity contribution in [1.29, 1.82) is 0 Å². The highest BCUT2D eigenvalue weighted by Crippen LogP contribution is 2.36. The summed E-state index contributed by atoms with van der Waals surface area (Å²) in [7, 11) is 3.19. The summed E-state index contributed by atoms with van der Waals surface area (Å²) >= 11 is 12.5. The van der Waals surface area contributed by atoms with E-state index in [2.05, 4.69) is 18.9 Å². The van der Waals surface area contributed by atoms with E-state index in [1.807, 2.05) is 43.3 Å². The average molecular weight is 617 g/mol. The van der Waals surface area contributed by atoms with Crippen LogP contribution in [0.1, 0.15) is 42.0 Å². The lowest BCUT2D eigenvalue weighted by Gasteiger charge is -2.17. The maximum Gasteiger partial charge on any atom is 0.282 e. The van der Waals surface area contributed by atoms with Gasteiger partial charge in [-0.2, -0.15) is 9.78 Å². The van der Waals surface area contributed by atoms with E-state index in [9.17, 15) is 4.79 Å². The van der Waals surface area contributed by atoms with Gasteiger partial charge in [-0.15, -0.1) is 0 Å². The molecule has 7 nitrogen and oxygen atoms in total. The Kier molecular flexibility index (Phi) is 9.04. The van der Waals surface area contributed by atoms with Gasteiger partial charge in [-0.05, 0) is 72.0 Å². The molecule has 9 heteroatoms. The molecule has 0 radical (unpaired) electrons. The summed E-state index contributed by atoms with van der Waals surface area (Å²) in [5.74, 6) is 2.22. The van der Waals surface area contributed by atoms with E-state index in [1.165, 1.54) is 18.0 Å². The second-order valence-electron chi connectivity index (χ2n) is 10.3. The number of para-hydroxylation sites is 1. The van der Waals surface area contributed by atoms with Crippen molar-refractivity contribution in [3.8, 4) is 28.6 Å². The molecule has 0 spiro atoms. The van der Waals surface area contributed by atoms with Gasteiger partial charge in [0.15, 0.2) is 17.3 Å². The van der Waals surface area contributed by atoms with E-state index in [0.717, 1.165) is 28.0 Å². The van der Waals surface area contributed by atoms with Crippen molar-refractivity contribution >= 4 is 40.3 Å². The standard InChI is InChI=1S/C34H31Cl2N3O4/c1-20(2)27-17-28(21(3)14-30(27)41-4)33-38-29-9-7-6-8-26(29)34(40)39(33)37-18-23-15-25(36)16-31(42-5)32(23)43-19-22-10-12-24(35)13-11-22/h6-18,20H,19H2,1-5H3. The number of rotatable bonds is 9. The van der Waals surface area contributed by atoms with Gasteiger partial charge in [0.2, 0.25) is 0 Å². The highest BCUT2D eigenvalue weighted by atomic mass is 35.5. The molecule has 0 saturated carbocycles. The quantitative estimate of drug-likeness (QED) is 0.156. The van der Waals surface area contributed by atoms with Gasteiger partial charge in [-0.3, -0.25) is 4.79 Å². The molecule has 0 amide bonds. The van der Waals surface area contributed by atoms with Crippen LogP contribution < -0.4 is 19.8 Å². The highest BCUT2D eigenvalue weighted by Gasteiger charge is 2.19. The third-order valence-corrected chi connectivity index (χ3v) is 7.54. The van der Waals surface area contributed by atoms with Gasteiger partial charge in [0, 0.05) is 27.2 Å². The van der Waals surface area contributed by atoms with Crippen LogP contribution in [0.3, 0.4) is 0 Å². The molecule has 0 aliphatic heterocycles. The van der Waals surface area contributed by atoms with Crippen LogP contribution in [0.4, 0.5) is 0 Å². The lowest BCUT2D eigenvalue weighted by molar-refractivity contribution is 0.284. The second-order valence-corrected chi connectivity index (χ2v) is 11.2. The Hall–Kier alpha value is -4.33. The van der Waals surface area contributed by atoms with E-state index in [-0.39, 0.29) is 18.1 Å². The first kappa shape index (κ1) is 30.1. The van der Waals surface area contributed by atoms with Gasteiger partial charge in [0.1, 0.15) is 12.4 Å². The zero-order chi connectivity index (χ0) is 30.7. The summed E-state index contributed by atoms with van der Waals surface area (Å²) in [5, 5.41) is 6.19. The monoisotopic (exact) mass is 615 g/mol. The summed E-state index contributed by atoms with van der Waals surface area (Å²) in [6, 6.07) is 21.9. The molecule has 1 heterocycles. The molecule has 0 bridgehead atoms. The molecule has 4 aromatic carbocycles. The van der Waals surface area contributed by atoms with Gasteiger partial charge in [0.05, 0.1) is 31.3 Å². The number of benzene rings is 4. The SMILES string of the molecule is COc1cc(C)c(-c2nc3ccccc3c(=O)n2N=Cc2cc(Cl)cc(OC)c2OCc2ccc(Cl)cc2)cc1C(C)C. The van der Waals surface area contributed by atoms with Gasteiger partial charge in [0.25, 0.3) is 5.56 Å². The molecule has 0 aliphatic carbocycles. The van der Waals surface area contributed by atoms with Crippen molar-refractivity contribution in [3.05, 3.63) is 115 Å². The minimum absolute atomic E-state index is 0.178. The minimum Gasteiger partial charge on any atom is -0.496 e. The van der Waals surface area contributed by atoms with Crippen molar-refractivity contribution in [1.82, 2.24) is 9.66 Å². The fraction of sp³-hybridized carbons (Fsp3) is 0.206. The van der Waals surface area contributed by atoms with Crippen LogP contribution in [-0.4, -0.2) is 30.1 Å². The van der Waals surface area contributed by atoms with Crippen LogP contribution >= 0.6 is 23.2 Å². The van der Waals surface area contributed by atoms with Crippen LogP contribution in [0.5, 0.6) is 17.2 Å². The number of ether oxygens (including phenoxy) is 3. The third-order valence-electron chi connectivity index (χ3n) is 7.07. The zero-order valence-corrected chi connectivity index (χ0v) is 26.0. The first-order valence-corrected chi connectivity index (χ1v) is 14.5. The molecular weight excluding hydrogens is 585 g/mol. The topological polar surface area (TPSA) is 74.9 Å². The van der Waals surface area contributed by atoms with Gasteiger partial charge in [-0.1, -0.05) is 61.3 Å². The van der Waals surface area contributed by atoms with Crippen LogP contribution in [0.25, 0.3) is 22.3 Å². The number of hydrogen-bond donors (Lipinski definition) is 0. The Morgan fingerprint density at radius 2 is 1.65 bits per heavy atom. The maximum atomic E-state index is 13.9. The predicted octanol–water partition coefficient (Wildman–Crippen LogP) is 8.28. The molecule has 0 aliphatic rings. The molecule has 0 unspecified atom stereocenters.